The highest BCUT2D eigenvalue weighted by atomic mass is 19.1. The van der Waals surface area contributed by atoms with Crippen molar-refractivity contribution in [3.05, 3.63) is 34.8 Å². The van der Waals surface area contributed by atoms with Crippen LogP contribution in [0.3, 0.4) is 0 Å². The molecule has 140 valence electrons. The van der Waals surface area contributed by atoms with Gasteiger partial charge in [0.1, 0.15) is 12.7 Å². The third-order valence-electron chi connectivity index (χ3n) is 4.31. The fourth-order valence-corrected chi connectivity index (χ4v) is 3.13. The first-order valence-corrected chi connectivity index (χ1v) is 8.42. The van der Waals surface area contributed by atoms with Crippen molar-refractivity contribution in [2.75, 3.05) is 19.7 Å². The average Bonchev–Trinajstić information content (AvgIpc) is 3.13. The van der Waals surface area contributed by atoms with Gasteiger partial charge in [-0.3, -0.25) is 9.36 Å². The number of rotatable bonds is 5. The van der Waals surface area contributed by atoms with Crippen LogP contribution in [0.2, 0.25) is 0 Å². The Hall–Kier alpha value is -2.84. The molecule has 2 amide bonds. The summed E-state index contributed by atoms with van der Waals surface area (Å²) in [5.74, 6) is -1.05. The van der Waals surface area contributed by atoms with Gasteiger partial charge in [0.2, 0.25) is 5.91 Å². The maximum absolute atomic E-state index is 13.8. The second-order valence-corrected chi connectivity index (χ2v) is 6.06. The Morgan fingerprint density at radius 3 is 2.92 bits per heavy atom. The summed E-state index contributed by atoms with van der Waals surface area (Å²) in [6.07, 6.45) is -1.66. The van der Waals surface area contributed by atoms with Crippen LogP contribution in [0.15, 0.2) is 33.5 Å². The van der Waals surface area contributed by atoms with Crippen molar-refractivity contribution >= 4 is 23.1 Å². The van der Waals surface area contributed by atoms with E-state index in [0.717, 1.165) is 0 Å². The molecule has 0 bridgehead atoms. The molecule has 1 saturated heterocycles. The maximum atomic E-state index is 13.8. The van der Waals surface area contributed by atoms with Gasteiger partial charge in [-0.25, -0.2) is 14.0 Å². The quantitative estimate of drug-likeness (QED) is 0.861. The number of alkyl halides is 1. The second kappa shape index (κ2) is 7.59. The first-order valence-electron chi connectivity index (χ1n) is 8.42. The van der Waals surface area contributed by atoms with E-state index in [0.29, 0.717) is 11.1 Å². The Morgan fingerprint density at radius 1 is 1.38 bits per heavy atom. The molecule has 8 nitrogen and oxygen atoms in total. The number of nitrogens with one attached hydrogen (secondary N) is 1. The highest BCUT2D eigenvalue weighted by molar-refractivity contribution is 5.80. The van der Waals surface area contributed by atoms with Gasteiger partial charge in [0, 0.05) is 13.0 Å². The summed E-state index contributed by atoms with van der Waals surface area (Å²) in [6, 6.07) is 6.28. The number of aromatic nitrogens is 1. The van der Waals surface area contributed by atoms with E-state index in [2.05, 4.69) is 5.32 Å². The number of hydrogen-bond donors (Lipinski definition) is 1. The lowest BCUT2D eigenvalue weighted by Crippen LogP contribution is -2.45. The van der Waals surface area contributed by atoms with Crippen LogP contribution in [0.1, 0.15) is 13.3 Å². The largest absolute Gasteiger partial charge is 0.450 e. The Balaban J connectivity index is 1.71. The Kier molecular flexibility index (Phi) is 5.24. The molecular weight excluding hydrogens is 345 g/mol. The minimum absolute atomic E-state index is 0.0709. The van der Waals surface area contributed by atoms with Gasteiger partial charge in [0.15, 0.2) is 5.58 Å². The van der Waals surface area contributed by atoms with Crippen molar-refractivity contribution < 1.29 is 23.1 Å². The van der Waals surface area contributed by atoms with Crippen molar-refractivity contribution in [3.8, 4) is 0 Å². The van der Waals surface area contributed by atoms with Crippen LogP contribution >= 0.6 is 0 Å². The predicted molar refractivity (Wildman–Crippen MR) is 90.5 cm³/mol. The number of alkyl carbamates (subject to hydrolysis) is 1. The Labute approximate surface area is 148 Å². The lowest BCUT2D eigenvalue weighted by Gasteiger charge is -2.24. The molecule has 2 atom stereocenters. The zero-order valence-electron chi connectivity index (χ0n) is 14.3. The average molecular weight is 365 g/mol. The van der Waals surface area contributed by atoms with Gasteiger partial charge in [-0.05, 0) is 19.1 Å². The van der Waals surface area contributed by atoms with E-state index in [4.69, 9.17) is 9.15 Å². The van der Waals surface area contributed by atoms with Crippen molar-refractivity contribution in [3.63, 3.8) is 0 Å². The summed E-state index contributed by atoms with van der Waals surface area (Å²) < 4.78 is 24.9. The standard InChI is InChI=1S/C17H20FN3O5/c1-2-25-16(23)19-8-12-7-11(18)9-20(12)15(22)10-21-13-5-3-4-6-14(13)26-17(21)24/h3-6,11-12H,2,7-10H2,1H3,(H,19,23)/t11-,12-/m0/s1. The van der Waals surface area contributed by atoms with E-state index in [1.54, 1.807) is 31.2 Å². The van der Waals surface area contributed by atoms with Crippen molar-refractivity contribution in [2.24, 2.45) is 0 Å². The molecule has 3 rings (SSSR count). The summed E-state index contributed by atoms with van der Waals surface area (Å²) in [6.45, 7) is 1.67. The van der Waals surface area contributed by atoms with E-state index in [1.165, 1.54) is 9.47 Å². The Bertz CT molecular complexity index is 861. The van der Waals surface area contributed by atoms with Gasteiger partial charge in [-0.15, -0.1) is 0 Å². The topological polar surface area (TPSA) is 93.8 Å². The molecule has 2 aromatic rings. The molecule has 0 saturated carbocycles. The Morgan fingerprint density at radius 2 is 2.15 bits per heavy atom. The highest BCUT2D eigenvalue weighted by Crippen LogP contribution is 2.21. The van der Waals surface area contributed by atoms with Gasteiger partial charge in [0.05, 0.1) is 24.7 Å². The van der Waals surface area contributed by atoms with Crippen LogP contribution in [0.4, 0.5) is 9.18 Å². The van der Waals surface area contributed by atoms with Gasteiger partial charge < -0.3 is 19.4 Å². The van der Waals surface area contributed by atoms with Crippen LogP contribution < -0.4 is 11.1 Å². The number of para-hydroxylation sites is 2. The van der Waals surface area contributed by atoms with Gasteiger partial charge in [-0.1, -0.05) is 12.1 Å². The second-order valence-electron chi connectivity index (χ2n) is 6.06. The van der Waals surface area contributed by atoms with Crippen LogP contribution in [-0.2, 0) is 16.1 Å². The molecule has 9 heteroatoms. The number of oxazole rings is 1. The summed E-state index contributed by atoms with van der Waals surface area (Å²) in [4.78, 5) is 37.4. The number of benzene rings is 1. The van der Waals surface area contributed by atoms with Crippen LogP contribution in [0.25, 0.3) is 11.1 Å². The monoisotopic (exact) mass is 365 g/mol. The minimum Gasteiger partial charge on any atom is -0.450 e. The van der Waals surface area contributed by atoms with E-state index in [9.17, 15) is 18.8 Å². The summed E-state index contributed by atoms with van der Waals surface area (Å²) in [7, 11) is 0. The third-order valence-corrected chi connectivity index (χ3v) is 4.31. The van der Waals surface area contributed by atoms with Crippen molar-refractivity contribution in [1.29, 1.82) is 0 Å². The van der Waals surface area contributed by atoms with E-state index >= 15 is 0 Å². The molecule has 0 spiro atoms. The number of nitrogens with zero attached hydrogens (tertiary/aromatic N) is 2. The normalized spacial score (nSPS) is 19.7. The molecule has 0 aliphatic carbocycles. The molecule has 1 aliphatic heterocycles. The molecule has 2 heterocycles. The van der Waals surface area contributed by atoms with E-state index in [1.807, 2.05) is 0 Å². The molecule has 1 N–H and O–H groups in total. The number of carbonyl (C=O) groups is 2. The SMILES string of the molecule is CCOC(=O)NC[C@@H]1C[C@H](F)CN1C(=O)Cn1c(=O)oc2ccccc21. The van der Waals surface area contributed by atoms with E-state index in [-0.39, 0.29) is 32.7 Å². The van der Waals surface area contributed by atoms with E-state index < -0.39 is 30.0 Å². The number of amides is 2. The van der Waals surface area contributed by atoms with Crippen molar-refractivity contribution in [1.82, 2.24) is 14.8 Å². The molecule has 1 fully saturated rings. The first-order chi connectivity index (χ1) is 12.5. The smallest absolute Gasteiger partial charge is 0.420 e. The number of carbonyl (C=O) groups excluding carboxylic acids is 2. The third kappa shape index (κ3) is 3.71. The maximum Gasteiger partial charge on any atom is 0.420 e. The van der Waals surface area contributed by atoms with Crippen LogP contribution in [0.5, 0.6) is 0 Å². The number of likely N-dealkylation sites (tertiary alicyclic amines) is 1. The van der Waals surface area contributed by atoms with Gasteiger partial charge in [-0.2, -0.15) is 0 Å². The predicted octanol–water partition coefficient (Wildman–Crippen LogP) is 1.28. The molecule has 0 radical (unpaired) electrons. The molecule has 26 heavy (non-hydrogen) atoms. The molecule has 1 aromatic heterocycles. The number of hydrogen-bond acceptors (Lipinski definition) is 5. The summed E-state index contributed by atoms with van der Waals surface area (Å²) >= 11 is 0. The minimum atomic E-state index is -1.18. The number of halogens is 1. The molecule has 1 aliphatic rings. The fourth-order valence-electron chi connectivity index (χ4n) is 3.13. The first kappa shape index (κ1) is 18.0. The summed E-state index contributed by atoms with van der Waals surface area (Å²) in [5, 5.41) is 2.52. The zero-order chi connectivity index (χ0) is 18.7. The number of fused-ring (bicyclic) bond motifs is 1. The van der Waals surface area contributed by atoms with Crippen LogP contribution in [-0.4, -0.2) is 53.4 Å². The van der Waals surface area contributed by atoms with Gasteiger partial charge >= 0.3 is 11.8 Å². The lowest BCUT2D eigenvalue weighted by atomic mass is 10.2. The molecular formula is C17H20FN3O5. The summed E-state index contributed by atoms with van der Waals surface area (Å²) in [5.41, 5.74) is 0.888. The van der Waals surface area contributed by atoms with Gasteiger partial charge in [0.25, 0.3) is 0 Å². The van der Waals surface area contributed by atoms with Crippen LogP contribution in [0, 0.1) is 0 Å². The molecule has 0 unspecified atom stereocenters. The number of ether oxygens (including phenoxy) is 1. The van der Waals surface area contributed by atoms with Crippen molar-refractivity contribution in [2.45, 2.75) is 32.1 Å². The molecule has 1 aromatic carbocycles. The highest BCUT2D eigenvalue weighted by Gasteiger charge is 2.35. The lowest BCUT2D eigenvalue weighted by molar-refractivity contribution is -0.132. The fraction of sp³-hybridized carbons (Fsp3) is 0.471. The zero-order valence-corrected chi connectivity index (χ0v) is 14.3.